The van der Waals surface area contributed by atoms with E-state index in [-0.39, 0.29) is 11.9 Å². The van der Waals surface area contributed by atoms with E-state index in [0.29, 0.717) is 30.4 Å². The minimum atomic E-state index is -0.405. The van der Waals surface area contributed by atoms with Crippen molar-refractivity contribution in [2.45, 2.75) is 45.5 Å². The quantitative estimate of drug-likeness (QED) is 0.869. The summed E-state index contributed by atoms with van der Waals surface area (Å²) in [6, 6.07) is 6.88. The smallest absolute Gasteiger partial charge is 0.266 e. The molecule has 0 aliphatic carbocycles. The number of nitrogens with one attached hydrogen (secondary N) is 1. The number of hydrogen-bond donors (Lipinski definition) is 1. The predicted octanol–water partition coefficient (Wildman–Crippen LogP) is 3.24. The molecule has 136 valence electrons. The second-order valence-electron chi connectivity index (χ2n) is 6.29. The SMILES string of the molecule is Cc1cc(Cl)c(COC2CCCCO2)c(Cc2ccc(C#N)c(=O)[nH]2)n1. The number of halogens is 1. The molecule has 1 aliphatic heterocycles. The van der Waals surface area contributed by atoms with Crippen molar-refractivity contribution in [1.82, 2.24) is 9.97 Å². The van der Waals surface area contributed by atoms with Crippen LogP contribution >= 0.6 is 11.6 Å². The van der Waals surface area contributed by atoms with Gasteiger partial charge < -0.3 is 14.5 Å². The monoisotopic (exact) mass is 373 g/mol. The average molecular weight is 374 g/mol. The van der Waals surface area contributed by atoms with Crippen LogP contribution in [0.2, 0.25) is 5.02 Å². The number of aryl methyl sites for hydroxylation is 1. The van der Waals surface area contributed by atoms with Crippen LogP contribution in [0.15, 0.2) is 23.0 Å². The molecule has 6 nitrogen and oxygen atoms in total. The van der Waals surface area contributed by atoms with Crippen LogP contribution < -0.4 is 5.56 Å². The molecule has 2 aromatic heterocycles. The Kier molecular flexibility index (Phi) is 6.04. The maximum absolute atomic E-state index is 11.8. The van der Waals surface area contributed by atoms with Crippen LogP contribution in [0.25, 0.3) is 0 Å². The molecule has 1 atom stereocenters. The van der Waals surface area contributed by atoms with Crippen molar-refractivity contribution in [3.05, 3.63) is 61.8 Å². The minimum Gasteiger partial charge on any atom is -0.353 e. The van der Waals surface area contributed by atoms with Crippen molar-refractivity contribution in [2.75, 3.05) is 6.61 Å². The highest BCUT2D eigenvalue weighted by Gasteiger charge is 2.17. The fraction of sp³-hybridized carbons (Fsp3) is 0.421. The Morgan fingerprint density at radius 2 is 2.31 bits per heavy atom. The number of aromatic amines is 1. The molecule has 0 aromatic carbocycles. The molecule has 0 radical (unpaired) electrons. The Morgan fingerprint density at radius 1 is 1.46 bits per heavy atom. The zero-order chi connectivity index (χ0) is 18.5. The van der Waals surface area contributed by atoms with Crippen LogP contribution in [0.1, 0.15) is 47.5 Å². The molecule has 1 saturated heterocycles. The second-order valence-corrected chi connectivity index (χ2v) is 6.70. The van der Waals surface area contributed by atoms with Crippen molar-refractivity contribution in [2.24, 2.45) is 0 Å². The maximum Gasteiger partial charge on any atom is 0.266 e. The van der Waals surface area contributed by atoms with Gasteiger partial charge in [-0.1, -0.05) is 11.6 Å². The van der Waals surface area contributed by atoms with Gasteiger partial charge in [0.2, 0.25) is 0 Å². The number of aromatic nitrogens is 2. The van der Waals surface area contributed by atoms with Gasteiger partial charge in [-0.05, 0) is 44.4 Å². The molecular formula is C19H20ClN3O3. The van der Waals surface area contributed by atoms with Crippen LogP contribution in [-0.2, 0) is 22.5 Å². The van der Waals surface area contributed by atoms with Crippen LogP contribution in [-0.4, -0.2) is 22.9 Å². The van der Waals surface area contributed by atoms with Gasteiger partial charge in [0.25, 0.3) is 5.56 Å². The molecule has 26 heavy (non-hydrogen) atoms. The molecule has 0 amide bonds. The van der Waals surface area contributed by atoms with Crippen molar-refractivity contribution in [3.8, 4) is 6.07 Å². The van der Waals surface area contributed by atoms with E-state index in [1.165, 1.54) is 6.07 Å². The molecule has 1 unspecified atom stereocenters. The van der Waals surface area contributed by atoms with Gasteiger partial charge in [-0.2, -0.15) is 5.26 Å². The molecule has 1 N–H and O–H groups in total. The lowest BCUT2D eigenvalue weighted by Crippen LogP contribution is -2.22. The minimum absolute atomic E-state index is 0.0852. The highest BCUT2D eigenvalue weighted by molar-refractivity contribution is 6.31. The first-order chi connectivity index (χ1) is 12.6. The van der Waals surface area contributed by atoms with Crippen LogP contribution in [0, 0.1) is 18.3 Å². The van der Waals surface area contributed by atoms with Gasteiger partial charge >= 0.3 is 0 Å². The van der Waals surface area contributed by atoms with E-state index in [1.54, 1.807) is 12.1 Å². The van der Waals surface area contributed by atoms with E-state index in [1.807, 2.05) is 13.0 Å². The van der Waals surface area contributed by atoms with Gasteiger partial charge in [0.1, 0.15) is 11.6 Å². The predicted molar refractivity (Wildman–Crippen MR) is 96.9 cm³/mol. The third kappa shape index (κ3) is 4.50. The Labute approximate surface area is 156 Å². The average Bonchev–Trinajstić information content (AvgIpc) is 2.62. The van der Waals surface area contributed by atoms with E-state index < -0.39 is 5.56 Å². The first-order valence-electron chi connectivity index (χ1n) is 8.57. The van der Waals surface area contributed by atoms with Gasteiger partial charge in [-0.25, -0.2) is 0 Å². The Balaban J connectivity index is 1.82. The summed E-state index contributed by atoms with van der Waals surface area (Å²) in [5.41, 5.74) is 2.67. The summed E-state index contributed by atoms with van der Waals surface area (Å²) < 4.78 is 11.5. The fourth-order valence-corrected chi connectivity index (χ4v) is 3.25. The van der Waals surface area contributed by atoms with Crippen LogP contribution in [0.3, 0.4) is 0 Å². The number of nitriles is 1. The number of nitrogens with zero attached hydrogens (tertiary/aromatic N) is 2. The van der Waals surface area contributed by atoms with Gasteiger partial charge in [0, 0.05) is 35.0 Å². The van der Waals surface area contributed by atoms with Gasteiger partial charge in [-0.15, -0.1) is 0 Å². The van der Waals surface area contributed by atoms with Crippen molar-refractivity contribution >= 4 is 11.6 Å². The summed E-state index contributed by atoms with van der Waals surface area (Å²) in [6.45, 7) is 2.88. The zero-order valence-corrected chi connectivity index (χ0v) is 15.3. The molecular weight excluding hydrogens is 354 g/mol. The summed E-state index contributed by atoms with van der Waals surface area (Å²) in [4.78, 5) is 19.1. The number of ether oxygens (including phenoxy) is 2. The lowest BCUT2D eigenvalue weighted by molar-refractivity contribution is -0.169. The molecule has 0 spiro atoms. The third-order valence-electron chi connectivity index (χ3n) is 4.28. The van der Waals surface area contributed by atoms with E-state index in [2.05, 4.69) is 9.97 Å². The van der Waals surface area contributed by atoms with Crippen molar-refractivity contribution in [1.29, 1.82) is 5.26 Å². The molecule has 2 aromatic rings. The second kappa shape index (κ2) is 8.45. The molecule has 3 heterocycles. The summed E-state index contributed by atoms with van der Waals surface area (Å²) in [6.07, 6.45) is 3.19. The fourth-order valence-electron chi connectivity index (χ4n) is 2.92. The van der Waals surface area contributed by atoms with Gasteiger partial charge in [0.15, 0.2) is 6.29 Å². The van der Waals surface area contributed by atoms with E-state index >= 15 is 0 Å². The molecule has 1 aliphatic rings. The third-order valence-corrected chi connectivity index (χ3v) is 4.62. The Morgan fingerprint density at radius 3 is 3.00 bits per heavy atom. The van der Waals surface area contributed by atoms with Crippen molar-refractivity contribution in [3.63, 3.8) is 0 Å². The van der Waals surface area contributed by atoms with Crippen molar-refractivity contribution < 1.29 is 9.47 Å². The summed E-state index contributed by atoms with van der Waals surface area (Å²) >= 11 is 6.42. The number of pyridine rings is 2. The Hall–Kier alpha value is -2.20. The van der Waals surface area contributed by atoms with Crippen LogP contribution in [0.4, 0.5) is 0 Å². The van der Waals surface area contributed by atoms with E-state index in [0.717, 1.165) is 36.2 Å². The summed E-state index contributed by atoms with van der Waals surface area (Å²) in [7, 11) is 0. The largest absolute Gasteiger partial charge is 0.353 e. The molecule has 1 fully saturated rings. The maximum atomic E-state index is 11.8. The topological polar surface area (TPSA) is 88.0 Å². The Bertz CT molecular complexity index is 883. The van der Waals surface area contributed by atoms with E-state index in [9.17, 15) is 4.79 Å². The first-order valence-corrected chi connectivity index (χ1v) is 8.95. The normalized spacial score (nSPS) is 17.0. The number of rotatable bonds is 5. The molecule has 0 saturated carbocycles. The number of H-pyrrole nitrogens is 1. The highest BCUT2D eigenvalue weighted by atomic mass is 35.5. The first kappa shape index (κ1) is 18.6. The lowest BCUT2D eigenvalue weighted by Gasteiger charge is -2.23. The molecule has 0 bridgehead atoms. The van der Waals surface area contributed by atoms with Gasteiger partial charge in [0.05, 0.1) is 12.3 Å². The summed E-state index contributed by atoms with van der Waals surface area (Å²) in [5, 5.41) is 9.46. The molecule has 3 rings (SSSR count). The number of hydrogen-bond acceptors (Lipinski definition) is 5. The highest BCUT2D eigenvalue weighted by Crippen LogP contribution is 2.24. The van der Waals surface area contributed by atoms with E-state index in [4.69, 9.17) is 26.3 Å². The molecule has 7 heteroatoms. The zero-order valence-electron chi connectivity index (χ0n) is 14.5. The van der Waals surface area contributed by atoms with Crippen LogP contribution in [0.5, 0.6) is 0 Å². The van der Waals surface area contributed by atoms with Gasteiger partial charge in [-0.3, -0.25) is 9.78 Å². The summed E-state index contributed by atoms with van der Waals surface area (Å²) in [5.74, 6) is 0. The standard InChI is InChI=1S/C19H20ClN3O3/c1-12-8-16(20)15(11-26-18-4-2-3-7-25-18)17(22-12)9-14-6-5-13(10-21)19(24)23-14/h5-6,8,18H,2-4,7,9,11H2,1H3,(H,23,24). The lowest BCUT2D eigenvalue weighted by atomic mass is 10.1.